The Labute approximate surface area is 96.1 Å². The van der Waals surface area contributed by atoms with Crippen molar-refractivity contribution >= 4 is 11.8 Å². The van der Waals surface area contributed by atoms with Crippen LogP contribution in [0.5, 0.6) is 0 Å². The molecule has 0 saturated heterocycles. The highest BCUT2D eigenvalue weighted by Crippen LogP contribution is 2.32. The number of pyridine rings is 1. The summed E-state index contributed by atoms with van der Waals surface area (Å²) in [6.07, 6.45) is 1.32. The normalized spacial score (nSPS) is 14.0. The van der Waals surface area contributed by atoms with Crippen LogP contribution in [0.3, 0.4) is 0 Å². The smallest absolute Gasteiger partial charge is 0.0994 e. The van der Waals surface area contributed by atoms with Gasteiger partial charge >= 0.3 is 0 Å². The van der Waals surface area contributed by atoms with Gasteiger partial charge < -0.3 is 5.11 Å². The summed E-state index contributed by atoms with van der Waals surface area (Å²) in [6, 6.07) is 2.01. The third kappa shape index (κ3) is 3.84. The van der Waals surface area contributed by atoms with E-state index in [-0.39, 0.29) is 4.75 Å². The molecule has 2 nitrogen and oxygen atoms in total. The fourth-order valence-corrected chi connectivity index (χ4v) is 2.11. The van der Waals surface area contributed by atoms with E-state index in [0.29, 0.717) is 0 Å². The van der Waals surface area contributed by atoms with E-state index >= 15 is 0 Å². The van der Waals surface area contributed by atoms with Crippen LogP contribution >= 0.6 is 11.8 Å². The minimum atomic E-state index is -0.440. The van der Waals surface area contributed by atoms with E-state index < -0.39 is 6.10 Å². The van der Waals surface area contributed by atoms with Crippen molar-refractivity contribution in [2.24, 2.45) is 0 Å². The summed E-state index contributed by atoms with van der Waals surface area (Å²) in [4.78, 5) is 4.39. The van der Waals surface area contributed by atoms with Crippen LogP contribution in [0.4, 0.5) is 0 Å². The molecule has 1 rings (SSSR count). The molecule has 0 unspecified atom stereocenters. The number of aryl methyl sites for hydroxylation is 1. The third-order valence-electron chi connectivity index (χ3n) is 1.94. The molecule has 84 valence electrons. The van der Waals surface area contributed by atoms with E-state index in [1.807, 2.05) is 13.0 Å². The Morgan fingerprint density at radius 1 is 1.40 bits per heavy atom. The summed E-state index contributed by atoms with van der Waals surface area (Å²) in [5.41, 5.74) is 2.01. The van der Waals surface area contributed by atoms with Gasteiger partial charge in [-0.25, -0.2) is 4.98 Å². The topological polar surface area (TPSA) is 33.1 Å². The minimum absolute atomic E-state index is 0.171. The molecule has 1 aromatic heterocycles. The molecule has 0 radical (unpaired) electrons. The SMILES string of the molecule is Cc1cc([C@@H](C)O)cnc1SC(C)(C)C. The van der Waals surface area contributed by atoms with Crippen LogP contribution in [0, 0.1) is 6.92 Å². The van der Waals surface area contributed by atoms with Crippen molar-refractivity contribution in [2.75, 3.05) is 0 Å². The average Bonchev–Trinajstić information content (AvgIpc) is 2.05. The Kier molecular flexibility index (Phi) is 3.79. The first kappa shape index (κ1) is 12.5. The Morgan fingerprint density at radius 3 is 2.40 bits per heavy atom. The molecule has 0 aliphatic carbocycles. The highest BCUT2D eigenvalue weighted by atomic mass is 32.2. The Morgan fingerprint density at radius 2 is 2.00 bits per heavy atom. The second-order valence-electron chi connectivity index (χ2n) is 4.78. The molecule has 0 aromatic carbocycles. The lowest BCUT2D eigenvalue weighted by molar-refractivity contribution is 0.198. The maximum atomic E-state index is 9.42. The molecule has 1 aromatic rings. The number of hydrogen-bond acceptors (Lipinski definition) is 3. The van der Waals surface area contributed by atoms with Crippen LogP contribution < -0.4 is 0 Å². The standard InChI is InChI=1S/C12H19NOS/c1-8-6-10(9(2)14)7-13-11(8)15-12(3,4)5/h6-7,9,14H,1-5H3/t9-/m1/s1. The second kappa shape index (κ2) is 4.54. The van der Waals surface area contributed by atoms with E-state index in [1.54, 1.807) is 24.9 Å². The van der Waals surface area contributed by atoms with Crippen molar-refractivity contribution in [1.29, 1.82) is 0 Å². The molecule has 15 heavy (non-hydrogen) atoms. The first-order chi connectivity index (χ1) is 6.79. The summed E-state index contributed by atoms with van der Waals surface area (Å²) < 4.78 is 0.171. The summed E-state index contributed by atoms with van der Waals surface area (Å²) in [5.74, 6) is 0. The Bertz CT molecular complexity index is 342. The van der Waals surface area contributed by atoms with Gasteiger partial charge in [0.1, 0.15) is 0 Å². The molecule has 1 N–H and O–H groups in total. The lowest BCUT2D eigenvalue weighted by Crippen LogP contribution is -2.08. The first-order valence-corrected chi connectivity index (χ1v) is 5.95. The maximum Gasteiger partial charge on any atom is 0.0994 e. The fourth-order valence-electron chi connectivity index (χ4n) is 1.21. The van der Waals surface area contributed by atoms with Gasteiger partial charge in [-0.1, -0.05) is 20.8 Å². The van der Waals surface area contributed by atoms with E-state index in [4.69, 9.17) is 0 Å². The summed E-state index contributed by atoms with van der Waals surface area (Å²) in [6.45, 7) is 10.3. The van der Waals surface area contributed by atoms with Crippen LogP contribution in [0.1, 0.15) is 44.9 Å². The number of thioether (sulfide) groups is 1. The van der Waals surface area contributed by atoms with E-state index in [2.05, 4.69) is 25.8 Å². The molecular formula is C12H19NOS. The number of aliphatic hydroxyl groups is 1. The predicted molar refractivity (Wildman–Crippen MR) is 65.2 cm³/mol. The van der Waals surface area contributed by atoms with Gasteiger partial charge in [0.25, 0.3) is 0 Å². The molecule has 0 aliphatic rings. The molecule has 1 atom stereocenters. The van der Waals surface area contributed by atoms with Gasteiger partial charge in [-0.2, -0.15) is 0 Å². The molecule has 3 heteroatoms. The zero-order valence-corrected chi connectivity index (χ0v) is 10.9. The Balaban J connectivity index is 2.94. The summed E-state index contributed by atoms with van der Waals surface area (Å²) in [7, 11) is 0. The zero-order valence-electron chi connectivity index (χ0n) is 10.0. The van der Waals surface area contributed by atoms with Gasteiger partial charge in [0.15, 0.2) is 0 Å². The van der Waals surface area contributed by atoms with Crippen molar-refractivity contribution in [3.8, 4) is 0 Å². The lowest BCUT2D eigenvalue weighted by atomic mass is 10.1. The molecule has 0 aliphatic heterocycles. The predicted octanol–water partition coefficient (Wildman–Crippen LogP) is 3.33. The van der Waals surface area contributed by atoms with Crippen molar-refractivity contribution in [1.82, 2.24) is 4.98 Å². The van der Waals surface area contributed by atoms with E-state index in [9.17, 15) is 5.11 Å². The van der Waals surface area contributed by atoms with E-state index in [1.165, 1.54) is 0 Å². The van der Waals surface area contributed by atoms with Crippen LogP contribution in [0.15, 0.2) is 17.3 Å². The molecular weight excluding hydrogens is 206 g/mol. The molecule has 0 spiro atoms. The average molecular weight is 225 g/mol. The minimum Gasteiger partial charge on any atom is -0.389 e. The second-order valence-corrected chi connectivity index (χ2v) is 6.60. The number of rotatable bonds is 2. The van der Waals surface area contributed by atoms with Crippen LogP contribution in [0.25, 0.3) is 0 Å². The fraction of sp³-hybridized carbons (Fsp3) is 0.583. The van der Waals surface area contributed by atoms with Crippen molar-refractivity contribution < 1.29 is 5.11 Å². The van der Waals surface area contributed by atoms with Crippen molar-refractivity contribution in [2.45, 2.75) is 50.5 Å². The van der Waals surface area contributed by atoms with E-state index in [0.717, 1.165) is 16.2 Å². The number of aliphatic hydroxyl groups excluding tert-OH is 1. The monoisotopic (exact) mass is 225 g/mol. The van der Waals surface area contributed by atoms with Crippen LogP contribution in [0.2, 0.25) is 0 Å². The zero-order chi connectivity index (χ0) is 11.6. The Hall–Kier alpha value is -0.540. The van der Waals surface area contributed by atoms with Gasteiger partial charge in [0.2, 0.25) is 0 Å². The lowest BCUT2D eigenvalue weighted by Gasteiger charge is -2.18. The van der Waals surface area contributed by atoms with Gasteiger partial charge in [0, 0.05) is 10.9 Å². The van der Waals surface area contributed by atoms with Crippen LogP contribution in [-0.2, 0) is 0 Å². The van der Waals surface area contributed by atoms with Gasteiger partial charge in [-0.05, 0) is 31.0 Å². The maximum absolute atomic E-state index is 9.42. The van der Waals surface area contributed by atoms with Crippen molar-refractivity contribution in [3.05, 3.63) is 23.4 Å². The molecule has 0 amide bonds. The first-order valence-electron chi connectivity index (χ1n) is 5.13. The highest BCUT2D eigenvalue weighted by molar-refractivity contribution is 8.00. The van der Waals surface area contributed by atoms with Gasteiger partial charge in [-0.3, -0.25) is 0 Å². The quantitative estimate of drug-likeness (QED) is 0.784. The van der Waals surface area contributed by atoms with Gasteiger partial charge in [-0.15, -0.1) is 11.8 Å². The van der Waals surface area contributed by atoms with Crippen molar-refractivity contribution in [3.63, 3.8) is 0 Å². The molecule has 0 fully saturated rings. The highest BCUT2D eigenvalue weighted by Gasteiger charge is 2.15. The number of aromatic nitrogens is 1. The number of hydrogen-bond donors (Lipinski definition) is 1. The van der Waals surface area contributed by atoms with Crippen LogP contribution in [-0.4, -0.2) is 14.8 Å². The summed E-state index contributed by atoms with van der Waals surface area (Å²) >= 11 is 1.76. The third-order valence-corrected chi connectivity index (χ3v) is 3.17. The summed E-state index contributed by atoms with van der Waals surface area (Å²) in [5, 5.41) is 10.5. The molecule has 0 saturated carbocycles. The molecule has 0 bridgehead atoms. The largest absolute Gasteiger partial charge is 0.389 e. The number of nitrogens with zero attached hydrogens (tertiary/aromatic N) is 1. The molecule has 1 heterocycles. The van der Waals surface area contributed by atoms with Gasteiger partial charge in [0.05, 0.1) is 11.1 Å².